The zero-order valence-electron chi connectivity index (χ0n) is 19.3. The van der Waals surface area contributed by atoms with Crippen LogP contribution in [-0.4, -0.2) is 53.3 Å². The summed E-state index contributed by atoms with van der Waals surface area (Å²) in [4.78, 5) is 11.5. The van der Waals surface area contributed by atoms with Crippen molar-refractivity contribution in [2.75, 3.05) is 19.7 Å². The Labute approximate surface area is 198 Å². The number of halogens is 1. The molecule has 2 aromatic carbocycles. The number of carboxylic acids is 1. The first kappa shape index (κ1) is 24.2. The molecule has 0 aliphatic carbocycles. The van der Waals surface area contributed by atoms with Crippen LogP contribution in [0.25, 0.3) is 10.9 Å². The minimum atomic E-state index is -3.78. The smallest absolute Gasteiger partial charge is 0.309 e. The van der Waals surface area contributed by atoms with Crippen LogP contribution in [-0.2, 0) is 21.2 Å². The number of fused-ring (bicyclic) bond motifs is 1. The summed E-state index contributed by atoms with van der Waals surface area (Å²) >= 11 is 0. The van der Waals surface area contributed by atoms with E-state index in [1.165, 1.54) is 34.6 Å². The number of rotatable bonds is 8. The summed E-state index contributed by atoms with van der Waals surface area (Å²) in [6.07, 6.45) is -0.303. The van der Waals surface area contributed by atoms with E-state index in [0.717, 1.165) is 0 Å². The molecule has 2 heterocycles. The Kier molecular flexibility index (Phi) is 6.64. The van der Waals surface area contributed by atoms with Gasteiger partial charge in [0.1, 0.15) is 11.6 Å². The van der Waals surface area contributed by atoms with Gasteiger partial charge in [0.2, 0.25) is 10.0 Å². The third kappa shape index (κ3) is 4.52. The van der Waals surface area contributed by atoms with Crippen LogP contribution in [0.2, 0.25) is 0 Å². The summed E-state index contributed by atoms with van der Waals surface area (Å²) in [6.45, 7) is 6.79. The number of ether oxygens (including phenoxy) is 1. The van der Waals surface area contributed by atoms with Crippen molar-refractivity contribution in [3.05, 3.63) is 54.0 Å². The number of benzene rings is 2. The van der Waals surface area contributed by atoms with Gasteiger partial charge in [-0.25, -0.2) is 12.8 Å². The Morgan fingerprint density at radius 2 is 1.91 bits per heavy atom. The lowest BCUT2D eigenvalue weighted by Crippen LogP contribution is -2.29. The van der Waals surface area contributed by atoms with Gasteiger partial charge in [0, 0.05) is 18.5 Å². The fraction of sp³-hybridized carbons (Fsp3) is 0.417. The van der Waals surface area contributed by atoms with Gasteiger partial charge in [-0.2, -0.15) is 9.40 Å². The van der Waals surface area contributed by atoms with E-state index >= 15 is 0 Å². The number of nitrogens with zero attached hydrogens (tertiary/aromatic N) is 3. The highest BCUT2D eigenvalue weighted by Gasteiger charge is 2.42. The zero-order chi connectivity index (χ0) is 24.6. The summed E-state index contributed by atoms with van der Waals surface area (Å²) in [5, 5.41) is 14.4. The molecule has 1 aromatic heterocycles. The summed E-state index contributed by atoms with van der Waals surface area (Å²) in [7, 11) is -3.78. The van der Waals surface area contributed by atoms with Gasteiger partial charge in [-0.05, 0) is 61.2 Å². The van der Waals surface area contributed by atoms with E-state index in [4.69, 9.17) is 4.74 Å². The molecule has 182 valence electrons. The lowest BCUT2D eigenvalue weighted by Gasteiger charge is -2.22. The van der Waals surface area contributed by atoms with E-state index in [1.54, 1.807) is 16.8 Å². The van der Waals surface area contributed by atoms with Crippen LogP contribution >= 0.6 is 0 Å². The van der Waals surface area contributed by atoms with Crippen LogP contribution < -0.4 is 4.74 Å². The van der Waals surface area contributed by atoms with E-state index in [9.17, 15) is 22.7 Å². The lowest BCUT2D eigenvalue weighted by atomic mass is 9.91. The van der Waals surface area contributed by atoms with Crippen LogP contribution in [0.3, 0.4) is 0 Å². The third-order valence-electron chi connectivity index (χ3n) is 6.31. The molecular weight excluding hydrogens is 461 g/mol. The minimum Gasteiger partial charge on any atom is -0.494 e. The molecule has 0 amide bonds. The van der Waals surface area contributed by atoms with Gasteiger partial charge in [0.25, 0.3) is 0 Å². The standard InChI is InChI=1S/C24H28FN3O5S/c1-4-33-17-6-8-18(9-7-17)34(31,32)27-13-20(15(2)3)23(14-27)28-22-11-16(25)5-10-19(22)21(26-28)12-24(29)30/h5-11,15,20,23H,4,12-14H2,1-3H3,(H,29,30)/t20-,23-/m0/s1. The Bertz CT molecular complexity index is 1300. The van der Waals surface area contributed by atoms with E-state index in [-0.39, 0.29) is 42.3 Å². The van der Waals surface area contributed by atoms with Gasteiger partial charge in [-0.3, -0.25) is 9.48 Å². The second kappa shape index (κ2) is 9.34. The van der Waals surface area contributed by atoms with Crippen molar-refractivity contribution in [2.45, 2.75) is 38.1 Å². The highest BCUT2D eigenvalue weighted by atomic mass is 32.2. The largest absolute Gasteiger partial charge is 0.494 e. The monoisotopic (exact) mass is 489 g/mol. The van der Waals surface area contributed by atoms with Gasteiger partial charge in [-0.1, -0.05) is 13.8 Å². The second-order valence-electron chi connectivity index (χ2n) is 8.82. The van der Waals surface area contributed by atoms with Gasteiger partial charge in [0.15, 0.2) is 0 Å². The third-order valence-corrected chi connectivity index (χ3v) is 8.15. The molecule has 0 radical (unpaired) electrons. The first-order valence-corrected chi connectivity index (χ1v) is 12.7. The average Bonchev–Trinajstić information content (AvgIpc) is 3.36. The number of hydrogen-bond acceptors (Lipinski definition) is 5. The first-order valence-electron chi connectivity index (χ1n) is 11.2. The van der Waals surface area contributed by atoms with Gasteiger partial charge < -0.3 is 9.84 Å². The number of carboxylic acid groups (broad SMARTS) is 1. The molecule has 0 saturated carbocycles. The van der Waals surface area contributed by atoms with Crippen LogP contribution in [0.5, 0.6) is 5.75 Å². The molecule has 34 heavy (non-hydrogen) atoms. The number of aromatic nitrogens is 2. The maximum atomic E-state index is 14.1. The van der Waals surface area contributed by atoms with Crippen molar-refractivity contribution >= 4 is 26.9 Å². The summed E-state index contributed by atoms with van der Waals surface area (Å²) in [5.74, 6) is -0.893. The van der Waals surface area contributed by atoms with Crippen molar-refractivity contribution in [2.24, 2.45) is 11.8 Å². The van der Waals surface area contributed by atoms with Crippen LogP contribution in [0, 0.1) is 17.7 Å². The molecule has 8 nitrogen and oxygen atoms in total. The molecule has 0 bridgehead atoms. The molecule has 1 aliphatic rings. The van der Waals surface area contributed by atoms with E-state index in [2.05, 4.69) is 5.10 Å². The van der Waals surface area contributed by atoms with Crippen LogP contribution in [0.4, 0.5) is 4.39 Å². The lowest BCUT2D eigenvalue weighted by molar-refractivity contribution is -0.136. The van der Waals surface area contributed by atoms with E-state index in [0.29, 0.717) is 29.0 Å². The molecule has 1 aliphatic heterocycles. The number of hydrogen-bond donors (Lipinski definition) is 1. The first-order chi connectivity index (χ1) is 16.1. The Balaban J connectivity index is 1.73. The molecule has 10 heteroatoms. The van der Waals surface area contributed by atoms with Crippen molar-refractivity contribution in [3.8, 4) is 5.75 Å². The Morgan fingerprint density at radius 3 is 2.53 bits per heavy atom. The molecule has 0 unspecified atom stereocenters. The molecule has 0 spiro atoms. The van der Waals surface area contributed by atoms with E-state index in [1.807, 2.05) is 20.8 Å². The molecule has 2 atom stereocenters. The minimum absolute atomic E-state index is 0.0958. The molecule has 4 rings (SSSR count). The molecule has 1 saturated heterocycles. The summed E-state index contributed by atoms with van der Waals surface area (Å²) in [6, 6.07) is 10.1. The zero-order valence-corrected chi connectivity index (χ0v) is 20.1. The highest BCUT2D eigenvalue weighted by Crippen LogP contribution is 2.38. The molecule has 1 fully saturated rings. The second-order valence-corrected chi connectivity index (χ2v) is 10.8. The van der Waals surface area contributed by atoms with Crippen molar-refractivity contribution in [1.29, 1.82) is 0 Å². The molecule has 1 N–H and O–H groups in total. The maximum absolute atomic E-state index is 14.1. The summed E-state index contributed by atoms with van der Waals surface area (Å²) < 4.78 is 49.5. The number of carbonyl (C=O) groups is 1. The molecular formula is C24H28FN3O5S. The quantitative estimate of drug-likeness (QED) is 0.518. The van der Waals surface area contributed by atoms with Gasteiger partial charge in [-0.15, -0.1) is 0 Å². The number of aliphatic carboxylic acids is 1. The Morgan fingerprint density at radius 1 is 1.21 bits per heavy atom. The van der Waals surface area contributed by atoms with Crippen molar-refractivity contribution < 1.29 is 27.4 Å². The molecule has 3 aromatic rings. The maximum Gasteiger partial charge on any atom is 0.309 e. The van der Waals surface area contributed by atoms with Crippen molar-refractivity contribution in [1.82, 2.24) is 14.1 Å². The average molecular weight is 490 g/mol. The normalized spacial score (nSPS) is 19.2. The number of sulfonamides is 1. The predicted molar refractivity (Wildman–Crippen MR) is 125 cm³/mol. The van der Waals surface area contributed by atoms with Gasteiger partial charge in [0.05, 0.1) is 35.2 Å². The van der Waals surface area contributed by atoms with Gasteiger partial charge >= 0.3 is 5.97 Å². The Hall–Kier alpha value is -2.98. The van der Waals surface area contributed by atoms with Crippen molar-refractivity contribution in [3.63, 3.8) is 0 Å². The van der Waals surface area contributed by atoms with Crippen LogP contribution in [0.15, 0.2) is 47.4 Å². The predicted octanol–water partition coefficient (Wildman–Crippen LogP) is 3.72. The van der Waals surface area contributed by atoms with Crippen LogP contribution in [0.1, 0.15) is 32.5 Å². The summed E-state index contributed by atoms with van der Waals surface area (Å²) in [5.41, 5.74) is 0.796. The fourth-order valence-electron chi connectivity index (χ4n) is 4.61. The topological polar surface area (TPSA) is 102 Å². The SMILES string of the molecule is CCOc1ccc(S(=O)(=O)N2C[C@@H](C(C)C)[C@@H](n3nc(CC(=O)O)c4ccc(F)cc43)C2)cc1. The van der Waals surface area contributed by atoms with E-state index < -0.39 is 21.8 Å². The fourth-order valence-corrected chi connectivity index (χ4v) is 6.11. The highest BCUT2D eigenvalue weighted by molar-refractivity contribution is 7.89.